The van der Waals surface area contributed by atoms with E-state index in [0.717, 1.165) is 44.3 Å². The van der Waals surface area contributed by atoms with Crippen molar-refractivity contribution in [3.05, 3.63) is 29.8 Å². The molecule has 3 aliphatic rings. The number of benzene rings is 1. The van der Waals surface area contributed by atoms with E-state index in [-0.39, 0.29) is 12.5 Å². The molecule has 6 nitrogen and oxygen atoms in total. The topological polar surface area (TPSA) is 58.7 Å². The summed E-state index contributed by atoms with van der Waals surface area (Å²) >= 11 is 0. The van der Waals surface area contributed by atoms with Gasteiger partial charge in [0.1, 0.15) is 18.9 Å². The Morgan fingerprint density at radius 1 is 1.07 bits per heavy atom. The maximum Gasteiger partial charge on any atom is 0.226 e. The summed E-state index contributed by atoms with van der Waals surface area (Å²) in [6.45, 7) is 8.23. The largest absolute Gasteiger partial charge is 0.491 e. The zero-order valence-electron chi connectivity index (χ0n) is 18.3. The number of amides is 1. The van der Waals surface area contributed by atoms with E-state index in [1.54, 1.807) is 9.80 Å². The van der Waals surface area contributed by atoms with Crippen molar-refractivity contribution in [2.75, 3.05) is 52.5 Å². The van der Waals surface area contributed by atoms with E-state index in [0.29, 0.717) is 12.5 Å². The molecule has 0 spiro atoms. The molecule has 3 fully saturated rings. The van der Waals surface area contributed by atoms with E-state index in [9.17, 15) is 4.79 Å². The molecule has 1 aromatic rings. The van der Waals surface area contributed by atoms with Gasteiger partial charge in [-0.2, -0.15) is 0 Å². The van der Waals surface area contributed by atoms with Crippen LogP contribution in [0.25, 0.3) is 0 Å². The van der Waals surface area contributed by atoms with Gasteiger partial charge in [0.05, 0.1) is 38.8 Å². The van der Waals surface area contributed by atoms with E-state index in [1.807, 2.05) is 12.1 Å². The Labute approximate surface area is 180 Å². The molecule has 3 N–H and O–H groups in total. The molecule has 3 aliphatic heterocycles. The molecule has 30 heavy (non-hydrogen) atoms. The van der Waals surface area contributed by atoms with E-state index >= 15 is 0 Å². The normalized spacial score (nSPS) is 29.7. The molecular formula is C24H39N3O3+2. The molecule has 0 saturated carbocycles. The Balaban J connectivity index is 1.19. The quantitative estimate of drug-likeness (QED) is 0.562. The van der Waals surface area contributed by atoms with Gasteiger partial charge in [-0.05, 0) is 25.0 Å². The van der Waals surface area contributed by atoms with Crippen molar-refractivity contribution in [3.8, 4) is 5.75 Å². The van der Waals surface area contributed by atoms with Crippen LogP contribution in [0, 0.1) is 5.92 Å². The molecule has 1 aromatic carbocycles. The van der Waals surface area contributed by atoms with Gasteiger partial charge in [-0.1, -0.05) is 12.1 Å². The number of hydrogen-bond donors (Lipinski definition) is 3. The minimum Gasteiger partial charge on any atom is -0.491 e. The molecule has 6 heteroatoms. The molecule has 0 aromatic heterocycles. The summed E-state index contributed by atoms with van der Waals surface area (Å²) in [5.74, 6) is 1.58. The third-order valence-corrected chi connectivity index (χ3v) is 7.38. The second-order valence-electron chi connectivity index (χ2n) is 9.39. The Kier molecular flexibility index (Phi) is 7.63. The van der Waals surface area contributed by atoms with Crippen molar-refractivity contribution in [2.24, 2.45) is 5.92 Å². The molecule has 0 aliphatic carbocycles. The molecule has 0 bridgehead atoms. The van der Waals surface area contributed by atoms with Crippen LogP contribution in [0.15, 0.2) is 24.3 Å². The van der Waals surface area contributed by atoms with E-state index in [4.69, 9.17) is 9.84 Å². The number of ether oxygens (including phenoxy) is 1. The molecule has 0 radical (unpaired) electrons. The van der Waals surface area contributed by atoms with Crippen molar-refractivity contribution in [1.82, 2.24) is 4.90 Å². The van der Waals surface area contributed by atoms with E-state index in [1.165, 1.54) is 57.4 Å². The maximum absolute atomic E-state index is 12.7. The Morgan fingerprint density at radius 2 is 1.80 bits per heavy atom. The fourth-order valence-corrected chi connectivity index (χ4v) is 5.65. The first-order valence-corrected chi connectivity index (χ1v) is 12.0. The average molecular weight is 418 g/mol. The molecule has 3 heterocycles. The van der Waals surface area contributed by atoms with Crippen molar-refractivity contribution < 1.29 is 24.4 Å². The predicted octanol–water partition coefficient (Wildman–Crippen LogP) is -0.478. The zero-order chi connectivity index (χ0) is 20.8. The molecular weight excluding hydrogens is 378 g/mol. The summed E-state index contributed by atoms with van der Waals surface area (Å²) in [6.07, 6.45) is 7.12. The highest BCUT2D eigenvalue weighted by molar-refractivity contribution is 5.79. The van der Waals surface area contributed by atoms with Gasteiger partial charge in [0, 0.05) is 50.3 Å². The summed E-state index contributed by atoms with van der Waals surface area (Å²) in [4.78, 5) is 18.2. The van der Waals surface area contributed by atoms with Gasteiger partial charge in [-0.3, -0.25) is 4.79 Å². The van der Waals surface area contributed by atoms with Crippen molar-refractivity contribution in [3.63, 3.8) is 0 Å². The van der Waals surface area contributed by atoms with Crippen LogP contribution in [0.5, 0.6) is 5.75 Å². The minimum atomic E-state index is 0.0506. The van der Waals surface area contributed by atoms with Gasteiger partial charge < -0.3 is 24.5 Å². The molecule has 0 unspecified atom stereocenters. The van der Waals surface area contributed by atoms with Crippen LogP contribution in [0.4, 0.5) is 0 Å². The first-order valence-electron chi connectivity index (χ1n) is 12.0. The second kappa shape index (κ2) is 10.6. The average Bonchev–Trinajstić information content (AvgIpc) is 3.33. The first-order chi connectivity index (χ1) is 14.7. The molecule has 4 rings (SSSR count). The maximum atomic E-state index is 12.7. The first kappa shape index (κ1) is 21.6. The molecule has 0 atom stereocenters. The van der Waals surface area contributed by atoms with E-state index < -0.39 is 0 Å². The SMILES string of the molecule is O=C(C1CC[NH+](C2CC[NH+](Cc3cccc(OCCO)c3)CC2)CC1)N1CCCC1. The van der Waals surface area contributed by atoms with Gasteiger partial charge in [0.15, 0.2) is 0 Å². The molecule has 3 saturated heterocycles. The lowest BCUT2D eigenvalue weighted by Gasteiger charge is -2.38. The highest BCUT2D eigenvalue weighted by atomic mass is 16.5. The van der Waals surface area contributed by atoms with Gasteiger partial charge >= 0.3 is 0 Å². The fourth-order valence-electron chi connectivity index (χ4n) is 5.65. The summed E-state index contributed by atoms with van der Waals surface area (Å²) in [7, 11) is 0. The number of piperidine rings is 2. The summed E-state index contributed by atoms with van der Waals surface area (Å²) < 4.78 is 5.55. The number of nitrogens with one attached hydrogen (secondary N) is 2. The third-order valence-electron chi connectivity index (χ3n) is 7.38. The highest BCUT2D eigenvalue weighted by Crippen LogP contribution is 2.18. The van der Waals surface area contributed by atoms with Crippen molar-refractivity contribution >= 4 is 5.91 Å². The highest BCUT2D eigenvalue weighted by Gasteiger charge is 2.36. The standard InChI is InChI=1S/C24H37N3O3/c28-16-17-30-23-5-3-4-20(18-23)19-25-12-8-22(9-13-25)26-14-6-21(7-15-26)24(29)27-10-1-2-11-27/h3-5,18,21-22,28H,1-2,6-17,19H2/p+2. The molecule has 1 amide bonds. The van der Waals surface area contributed by atoms with Crippen LogP contribution in [-0.2, 0) is 11.3 Å². The third kappa shape index (κ3) is 5.54. The summed E-state index contributed by atoms with van der Waals surface area (Å²) in [5.41, 5.74) is 1.31. The van der Waals surface area contributed by atoms with E-state index in [2.05, 4.69) is 17.0 Å². The second-order valence-corrected chi connectivity index (χ2v) is 9.39. The lowest BCUT2D eigenvalue weighted by Crippen LogP contribution is -3.20. The Morgan fingerprint density at radius 3 is 2.50 bits per heavy atom. The Bertz CT molecular complexity index is 676. The van der Waals surface area contributed by atoms with Gasteiger partial charge in [-0.15, -0.1) is 0 Å². The lowest BCUT2D eigenvalue weighted by atomic mass is 9.92. The van der Waals surface area contributed by atoms with Crippen LogP contribution in [-0.4, -0.2) is 74.4 Å². The van der Waals surface area contributed by atoms with Crippen molar-refractivity contribution in [1.29, 1.82) is 0 Å². The van der Waals surface area contributed by atoms with Crippen LogP contribution < -0.4 is 14.5 Å². The number of aliphatic hydroxyl groups excluding tert-OH is 1. The monoisotopic (exact) mass is 417 g/mol. The number of carbonyl (C=O) groups excluding carboxylic acids is 1. The van der Waals surface area contributed by atoms with Gasteiger partial charge in [-0.25, -0.2) is 0 Å². The fraction of sp³-hybridized carbons (Fsp3) is 0.708. The number of rotatable bonds is 7. The van der Waals surface area contributed by atoms with Crippen molar-refractivity contribution in [2.45, 2.75) is 51.1 Å². The smallest absolute Gasteiger partial charge is 0.226 e. The number of nitrogens with zero attached hydrogens (tertiary/aromatic N) is 1. The summed E-state index contributed by atoms with van der Waals surface area (Å²) in [6, 6.07) is 9.07. The van der Waals surface area contributed by atoms with Gasteiger partial charge in [0.2, 0.25) is 5.91 Å². The number of likely N-dealkylation sites (tertiary alicyclic amines) is 3. The number of quaternary nitrogens is 2. The van der Waals surface area contributed by atoms with Crippen LogP contribution in [0.3, 0.4) is 0 Å². The zero-order valence-corrected chi connectivity index (χ0v) is 18.3. The van der Waals surface area contributed by atoms with Gasteiger partial charge in [0.25, 0.3) is 0 Å². The molecule has 166 valence electrons. The summed E-state index contributed by atoms with van der Waals surface area (Å²) in [5, 5.41) is 8.93. The van der Waals surface area contributed by atoms with Crippen LogP contribution in [0.2, 0.25) is 0 Å². The number of aliphatic hydroxyl groups is 1. The minimum absolute atomic E-state index is 0.0506. The Hall–Kier alpha value is -1.63. The van der Waals surface area contributed by atoms with Crippen LogP contribution in [0.1, 0.15) is 44.1 Å². The van der Waals surface area contributed by atoms with Crippen LogP contribution >= 0.6 is 0 Å². The number of carbonyl (C=O) groups is 1. The lowest BCUT2D eigenvalue weighted by molar-refractivity contribution is -0.966. The predicted molar refractivity (Wildman–Crippen MR) is 116 cm³/mol. The number of hydrogen-bond acceptors (Lipinski definition) is 3.